The van der Waals surface area contributed by atoms with Crippen LogP contribution in [0.1, 0.15) is 25.3 Å². The van der Waals surface area contributed by atoms with Crippen molar-refractivity contribution in [2.24, 2.45) is 5.73 Å². The number of primary amides is 1. The van der Waals surface area contributed by atoms with Gasteiger partial charge in [-0.15, -0.1) is 0 Å². The molecule has 0 saturated carbocycles. The summed E-state index contributed by atoms with van der Waals surface area (Å²) in [5, 5.41) is 24.5. The fourth-order valence-corrected chi connectivity index (χ4v) is 3.22. The lowest BCUT2D eigenvalue weighted by Gasteiger charge is -2.21. The van der Waals surface area contributed by atoms with Gasteiger partial charge >= 0.3 is 11.9 Å². The lowest BCUT2D eigenvalue weighted by atomic mass is 10.0. The fraction of sp³-hybridized carbons (Fsp3) is 0.500. The summed E-state index contributed by atoms with van der Waals surface area (Å²) >= 11 is 0. The van der Waals surface area contributed by atoms with Crippen LogP contribution in [-0.2, 0) is 30.3 Å². The van der Waals surface area contributed by atoms with Gasteiger partial charge in [0, 0.05) is 19.9 Å². The number of ether oxygens (including phenoxy) is 2. The van der Waals surface area contributed by atoms with Crippen LogP contribution < -0.4 is 21.1 Å². The Hall–Kier alpha value is -3.18. The Morgan fingerprint density at radius 3 is 2.52 bits per heavy atom. The summed E-state index contributed by atoms with van der Waals surface area (Å²) < 4.78 is 10.6. The molecule has 2 amide bonds. The van der Waals surface area contributed by atoms with Crippen LogP contribution in [0.15, 0.2) is 24.3 Å². The third kappa shape index (κ3) is 7.87. The molecule has 1 aliphatic heterocycles. The quantitative estimate of drug-likeness (QED) is 0.263. The first kappa shape index (κ1) is 24.1. The molecule has 31 heavy (non-hydrogen) atoms. The second-order valence-electron chi connectivity index (χ2n) is 7.26. The zero-order chi connectivity index (χ0) is 23.0. The number of carboxylic acids is 1. The monoisotopic (exact) mass is 437 g/mol. The van der Waals surface area contributed by atoms with E-state index in [1.54, 1.807) is 24.3 Å². The number of hydrogen-bond donors (Lipinski definition) is 5. The van der Waals surface area contributed by atoms with Crippen molar-refractivity contribution in [3.63, 3.8) is 0 Å². The number of esters is 1. The minimum Gasteiger partial charge on any atom is -0.484 e. The number of carbonyl (C=O) groups excluding carboxylic acids is 3. The van der Waals surface area contributed by atoms with Gasteiger partial charge in [0.2, 0.25) is 5.91 Å². The first-order valence-corrected chi connectivity index (χ1v) is 9.76. The van der Waals surface area contributed by atoms with Crippen LogP contribution in [0.25, 0.3) is 0 Å². The number of nitrogens with one attached hydrogen (secondary N) is 2. The van der Waals surface area contributed by atoms with Crippen molar-refractivity contribution in [2.75, 3.05) is 13.2 Å². The molecular formula is C20H27N3O8. The molecular weight excluding hydrogens is 410 g/mol. The first-order valence-electron chi connectivity index (χ1n) is 9.76. The highest BCUT2D eigenvalue weighted by Gasteiger charge is 2.37. The van der Waals surface area contributed by atoms with Crippen molar-refractivity contribution in [2.45, 2.75) is 50.5 Å². The number of aliphatic hydroxyl groups excluding tert-OH is 1. The Morgan fingerprint density at radius 2 is 1.94 bits per heavy atom. The smallest absolute Gasteiger partial charge is 0.326 e. The molecule has 1 aliphatic rings. The standard InChI is InChI=1S/C20H27N3O8/c1-11(24)31-19-15(22-9-16(19)25)8-12-2-4-13(5-3-12)30-10-18(27)23-14(20(28)29)6-7-17(21)26/h2-5,14-16,19,22,25H,6-10H2,1H3,(H2,21,26)(H,23,27)(H,28,29)/t14-,15+,16-,19-/m0/s1. The average Bonchev–Trinajstić information content (AvgIpc) is 3.03. The van der Waals surface area contributed by atoms with Crippen molar-refractivity contribution < 1.29 is 38.9 Å². The lowest BCUT2D eigenvalue weighted by molar-refractivity contribution is -0.151. The number of amides is 2. The number of β-amino-alcohol motifs (C(OH)–C–C–N with tert-alkyl or cyclic N) is 1. The fourth-order valence-electron chi connectivity index (χ4n) is 3.22. The zero-order valence-corrected chi connectivity index (χ0v) is 17.1. The molecule has 1 aromatic carbocycles. The molecule has 0 radical (unpaired) electrons. The Kier molecular flexibility index (Phi) is 8.76. The predicted molar refractivity (Wildman–Crippen MR) is 107 cm³/mol. The number of carboxylic acid groups (broad SMARTS) is 1. The minimum atomic E-state index is -1.27. The Balaban J connectivity index is 1.84. The molecule has 170 valence electrons. The van der Waals surface area contributed by atoms with Gasteiger partial charge in [-0.3, -0.25) is 14.4 Å². The van der Waals surface area contributed by atoms with Crippen LogP contribution in [0.2, 0.25) is 0 Å². The van der Waals surface area contributed by atoms with Gasteiger partial charge in [-0.1, -0.05) is 12.1 Å². The Morgan fingerprint density at radius 1 is 1.26 bits per heavy atom. The maximum absolute atomic E-state index is 11.9. The summed E-state index contributed by atoms with van der Waals surface area (Å²) in [7, 11) is 0. The molecule has 0 bridgehead atoms. The molecule has 1 fully saturated rings. The van der Waals surface area contributed by atoms with E-state index in [1.807, 2.05) is 0 Å². The number of aliphatic carboxylic acids is 1. The largest absolute Gasteiger partial charge is 0.484 e. The summed E-state index contributed by atoms with van der Waals surface area (Å²) in [6.07, 6.45) is -1.16. The van der Waals surface area contributed by atoms with Gasteiger partial charge in [0.25, 0.3) is 5.91 Å². The van der Waals surface area contributed by atoms with Crippen LogP contribution in [0.3, 0.4) is 0 Å². The van der Waals surface area contributed by atoms with E-state index in [-0.39, 0.29) is 18.9 Å². The molecule has 11 nitrogen and oxygen atoms in total. The van der Waals surface area contributed by atoms with Crippen molar-refractivity contribution in [1.29, 1.82) is 0 Å². The van der Waals surface area contributed by atoms with Crippen molar-refractivity contribution in [1.82, 2.24) is 10.6 Å². The van der Waals surface area contributed by atoms with Crippen LogP contribution in [0, 0.1) is 0 Å². The predicted octanol–water partition coefficient (Wildman–Crippen LogP) is -1.29. The number of rotatable bonds is 11. The molecule has 1 saturated heterocycles. The second kappa shape index (κ2) is 11.3. The summed E-state index contributed by atoms with van der Waals surface area (Å²) in [4.78, 5) is 45.1. The van der Waals surface area contributed by atoms with Crippen molar-refractivity contribution in [3.8, 4) is 5.75 Å². The van der Waals surface area contributed by atoms with Gasteiger partial charge in [0.1, 0.15) is 24.0 Å². The van der Waals surface area contributed by atoms with E-state index in [0.29, 0.717) is 18.7 Å². The molecule has 2 rings (SSSR count). The van der Waals surface area contributed by atoms with Gasteiger partial charge in [0.05, 0.1) is 6.04 Å². The first-order chi connectivity index (χ1) is 14.7. The van der Waals surface area contributed by atoms with Crippen LogP contribution in [0.4, 0.5) is 0 Å². The second-order valence-corrected chi connectivity index (χ2v) is 7.26. The molecule has 0 unspecified atom stereocenters. The third-order valence-corrected chi connectivity index (χ3v) is 4.73. The number of nitrogens with two attached hydrogens (primary N) is 1. The molecule has 1 aromatic rings. The molecule has 0 spiro atoms. The third-order valence-electron chi connectivity index (χ3n) is 4.73. The van der Waals surface area contributed by atoms with Gasteiger partial charge in [-0.25, -0.2) is 4.79 Å². The molecule has 11 heteroatoms. The van der Waals surface area contributed by atoms with Gasteiger partial charge in [-0.2, -0.15) is 0 Å². The maximum Gasteiger partial charge on any atom is 0.326 e. The van der Waals surface area contributed by atoms with E-state index >= 15 is 0 Å². The van der Waals surface area contributed by atoms with Crippen LogP contribution in [-0.4, -0.2) is 71.4 Å². The lowest BCUT2D eigenvalue weighted by Crippen LogP contribution is -2.43. The summed E-state index contributed by atoms with van der Waals surface area (Å²) in [5.41, 5.74) is 5.90. The van der Waals surface area contributed by atoms with E-state index in [4.69, 9.17) is 20.3 Å². The average molecular weight is 437 g/mol. The highest BCUT2D eigenvalue weighted by molar-refractivity contribution is 5.85. The van der Waals surface area contributed by atoms with Crippen LogP contribution >= 0.6 is 0 Å². The summed E-state index contributed by atoms with van der Waals surface area (Å²) in [6.45, 7) is 1.22. The molecule has 6 N–H and O–H groups in total. The molecule has 4 atom stereocenters. The van der Waals surface area contributed by atoms with E-state index in [9.17, 15) is 24.3 Å². The highest BCUT2D eigenvalue weighted by atomic mass is 16.6. The van der Waals surface area contributed by atoms with Gasteiger partial charge in [0.15, 0.2) is 6.61 Å². The normalized spacial score (nSPS) is 21.2. The Labute approximate surface area is 178 Å². The van der Waals surface area contributed by atoms with Crippen molar-refractivity contribution in [3.05, 3.63) is 29.8 Å². The van der Waals surface area contributed by atoms with Crippen molar-refractivity contribution >= 4 is 23.8 Å². The number of hydrogen-bond acceptors (Lipinski definition) is 8. The maximum atomic E-state index is 11.9. The summed E-state index contributed by atoms with van der Waals surface area (Å²) in [6, 6.07) is 5.39. The van der Waals surface area contributed by atoms with Crippen LogP contribution in [0.5, 0.6) is 5.75 Å². The Bertz CT molecular complexity index is 798. The molecule has 1 heterocycles. The number of aliphatic hydroxyl groups is 1. The van der Waals surface area contributed by atoms with Gasteiger partial charge < -0.3 is 36.1 Å². The topological polar surface area (TPSA) is 177 Å². The highest BCUT2D eigenvalue weighted by Crippen LogP contribution is 2.19. The number of benzene rings is 1. The molecule has 0 aromatic heterocycles. The molecule has 0 aliphatic carbocycles. The van der Waals surface area contributed by atoms with Gasteiger partial charge in [-0.05, 0) is 30.5 Å². The SMILES string of the molecule is CC(=O)O[C@@H]1[C@@H](O)CN[C@@H]1Cc1ccc(OCC(=O)N[C@@H](CCC(N)=O)C(=O)O)cc1. The zero-order valence-electron chi connectivity index (χ0n) is 17.1. The van der Waals surface area contributed by atoms with E-state index in [0.717, 1.165) is 5.56 Å². The number of carbonyl (C=O) groups is 4. The minimum absolute atomic E-state index is 0.108. The van der Waals surface area contributed by atoms with E-state index in [2.05, 4.69) is 10.6 Å². The van der Waals surface area contributed by atoms with E-state index in [1.165, 1.54) is 6.92 Å². The summed E-state index contributed by atoms with van der Waals surface area (Å²) in [5.74, 6) is -2.62. The van der Waals surface area contributed by atoms with E-state index < -0.39 is 48.6 Å².